The van der Waals surface area contributed by atoms with Crippen LogP contribution in [0.5, 0.6) is 0 Å². The van der Waals surface area contributed by atoms with E-state index in [1.165, 1.54) is 12.8 Å². The Morgan fingerprint density at radius 2 is 1.75 bits per heavy atom. The molecule has 0 aliphatic carbocycles. The van der Waals surface area contributed by atoms with Gasteiger partial charge < -0.3 is 10.1 Å². The van der Waals surface area contributed by atoms with E-state index in [1.807, 2.05) is 0 Å². The number of carbonyl (C=O) groups excluding carboxylic acids is 2. The van der Waals surface area contributed by atoms with E-state index in [0.29, 0.717) is 10.7 Å². The Labute approximate surface area is 124 Å². The molecule has 0 radical (unpaired) electrons. The molecule has 0 heterocycles. The molecule has 1 rings (SSSR count). The first-order valence-corrected chi connectivity index (χ1v) is 7.25. The van der Waals surface area contributed by atoms with Gasteiger partial charge in [-0.1, -0.05) is 44.2 Å². The second-order valence-corrected chi connectivity index (χ2v) is 4.95. The zero-order chi connectivity index (χ0) is 14.8. The van der Waals surface area contributed by atoms with Crippen molar-refractivity contribution in [3.63, 3.8) is 0 Å². The fraction of sp³-hybridized carbons (Fsp3) is 0.467. The van der Waals surface area contributed by atoms with Crippen LogP contribution >= 0.6 is 11.6 Å². The first kappa shape index (κ1) is 16.5. The van der Waals surface area contributed by atoms with Crippen LogP contribution in [0.3, 0.4) is 0 Å². The van der Waals surface area contributed by atoms with Crippen LogP contribution in [0.15, 0.2) is 24.3 Å². The second kappa shape index (κ2) is 9.37. The predicted molar refractivity (Wildman–Crippen MR) is 79.8 cm³/mol. The fourth-order valence-electron chi connectivity index (χ4n) is 1.65. The van der Waals surface area contributed by atoms with Gasteiger partial charge >= 0.3 is 11.9 Å². The van der Waals surface area contributed by atoms with Gasteiger partial charge in [0.05, 0.1) is 6.61 Å². The average Bonchev–Trinajstić information content (AvgIpc) is 2.45. The van der Waals surface area contributed by atoms with E-state index in [1.54, 1.807) is 24.3 Å². The molecule has 0 saturated heterocycles. The maximum absolute atomic E-state index is 11.5. The summed E-state index contributed by atoms with van der Waals surface area (Å²) in [6.07, 6.45) is 5.29. The van der Waals surface area contributed by atoms with Gasteiger partial charge in [0.2, 0.25) is 0 Å². The minimum atomic E-state index is -0.851. The van der Waals surface area contributed by atoms with Gasteiger partial charge in [0, 0.05) is 10.7 Å². The summed E-state index contributed by atoms with van der Waals surface area (Å²) in [6.45, 7) is 2.43. The molecule has 5 heteroatoms. The first-order chi connectivity index (χ1) is 9.63. The van der Waals surface area contributed by atoms with Gasteiger partial charge in [-0.25, -0.2) is 4.79 Å². The number of benzene rings is 1. The molecule has 1 aromatic carbocycles. The third-order valence-electron chi connectivity index (χ3n) is 2.77. The van der Waals surface area contributed by atoms with E-state index in [0.717, 1.165) is 19.3 Å². The number of hydrogen-bond acceptors (Lipinski definition) is 3. The summed E-state index contributed by atoms with van der Waals surface area (Å²) < 4.78 is 4.90. The smallest absolute Gasteiger partial charge is 0.397 e. The zero-order valence-corrected chi connectivity index (χ0v) is 12.4. The van der Waals surface area contributed by atoms with Crippen LogP contribution in [-0.4, -0.2) is 18.5 Å². The minimum Gasteiger partial charge on any atom is -0.459 e. The number of amides is 1. The van der Waals surface area contributed by atoms with Crippen molar-refractivity contribution in [3.05, 3.63) is 29.3 Å². The van der Waals surface area contributed by atoms with Crippen LogP contribution in [0, 0.1) is 0 Å². The number of hydrogen-bond donors (Lipinski definition) is 1. The van der Waals surface area contributed by atoms with Crippen molar-refractivity contribution in [2.24, 2.45) is 0 Å². The Kier molecular flexibility index (Phi) is 7.73. The minimum absolute atomic E-state index is 0.288. The Hall–Kier alpha value is -1.55. The van der Waals surface area contributed by atoms with Gasteiger partial charge in [-0.2, -0.15) is 0 Å². The molecule has 0 bridgehead atoms. The van der Waals surface area contributed by atoms with Gasteiger partial charge in [-0.05, 0) is 30.7 Å². The summed E-state index contributed by atoms with van der Waals surface area (Å²) in [7, 11) is 0. The molecule has 1 N–H and O–H groups in total. The van der Waals surface area contributed by atoms with Crippen LogP contribution in [0.1, 0.15) is 39.0 Å². The molecule has 0 unspecified atom stereocenters. The number of carbonyl (C=O) groups is 2. The third kappa shape index (κ3) is 6.57. The summed E-state index contributed by atoms with van der Waals surface area (Å²) in [5, 5.41) is 3.03. The highest BCUT2D eigenvalue weighted by Gasteiger charge is 2.15. The highest BCUT2D eigenvalue weighted by molar-refractivity contribution is 6.37. The number of unbranched alkanes of at least 4 members (excludes halogenated alkanes) is 4. The molecular weight excluding hydrogens is 278 g/mol. The molecule has 0 spiro atoms. The van der Waals surface area contributed by atoms with Crippen LogP contribution in [-0.2, 0) is 14.3 Å². The predicted octanol–water partition coefficient (Wildman–Crippen LogP) is 3.79. The number of esters is 1. The lowest BCUT2D eigenvalue weighted by molar-refractivity contribution is -0.152. The molecule has 0 aromatic heterocycles. The first-order valence-electron chi connectivity index (χ1n) is 6.87. The largest absolute Gasteiger partial charge is 0.459 e. The van der Waals surface area contributed by atoms with Gasteiger partial charge in [-0.3, -0.25) is 4.79 Å². The number of anilines is 1. The fourth-order valence-corrected chi connectivity index (χ4v) is 1.78. The van der Waals surface area contributed by atoms with Crippen molar-refractivity contribution in [1.29, 1.82) is 0 Å². The quantitative estimate of drug-likeness (QED) is 0.473. The average molecular weight is 298 g/mol. The van der Waals surface area contributed by atoms with E-state index in [4.69, 9.17) is 16.3 Å². The van der Waals surface area contributed by atoms with Gasteiger partial charge in [0.15, 0.2) is 0 Å². The Morgan fingerprint density at radius 3 is 2.40 bits per heavy atom. The normalized spacial score (nSPS) is 10.1. The topological polar surface area (TPSA) is 55.4 Å². The molecule has 1 amide bonds. The van der Waals surface area contributed by atoms with Crippen LogP contribution in [0.25, 0.3) is 0 Å². The summed E-state index contributed by atoms with van der Waals surface area (Å²) in [5.74, 6) is -1.61. The van der Waals surface area contributed by atoms with Crippen LogP contribution in [0.4, 0.5) is 5.69 Å². The molecule has 0 saturated carbocycles. The lowest BCUT2D eigenvalue weighted by atomic mass is 10.2. The molecule has 4 nitrogen and oxygen atoms in total. The van der Waals surface area contributed by atoms with E-state index in [2.05, 4.69) is 12.2 Å². The molecule has 0 aliphatic heterocycles. The summed E-state index contributed by atoms with van der Waals surface area (Å²) >= 11 is 5.73. The standard InChI is InChI=1S/C15H20ClNO3/c1-2-3-4-5-6-11-20-15(19)14(18)17-13-9-7-12(16)8-10-13/h7-10H,2-6,11H2,1H3,(H,17,18). The third-order valence-corrected chi connectivity index (χ3v) is 3.02. The number of nitrogens with one attached hydrogen (secondary N) is 1. The van der Waals surface area contributed by atoms with E-state index < -0.39 is 11.9 Å². The highest BCUT2D eigenvalue weighted by atomic mass is 35.5. The SMILES string of the molecule is CCCCCCCOC(=O)C(=O)Nc1ccc(Cl)cc1. The molecule has 1 aromatic rings. The molecule has 0 atom stereocenters. The van der Waals surface area contributed by atoms with E-state index >= 15 is 0 Å². The van der Waals surface area contributed by atoms with Crippen molar-refractivity contribution >= 4 is 29.2 Å². The number of ether oxygens (including phenoxy) is 1. The summed E-state index contributed by atoms with van der Waals surface area (Å²) in [5.41, 5.74) is 0.513. The van der Waals surface area contributed by atoms with Gasteiger partial charge in [0.1, 0.15) is 0 Å². The lowest BCUT2D eigenvalue weighted by Crippen LogP contribution is -2.25. The Bertz CT molecular complexity index is 431. The van der Waals surface area contributed by atoms with Crippen LogP contribution in [0.2, 0.25) is 5.02 Å². The zero-order valence-electron chi connectivity index (χ0n) is 11.7. The molecule has 0 aliphatic rings. The summed E-state index contributed by atoms with van der Waals surface area (Å²) in [6, 6.07) is 6.52. The molecule has 0 fully saturated rings. The van der Waals surface area contributed by atoms with E-state index in [9.17, 15) is 9.59 Å². The monoisotopic (exact) mass is 297 g/mol. The van der Waals surface area contributed by atoms with Crippen molar-refractivity contribution in [3.8, 4) is 0 Å². The Balaban J connectivity index is 2.22. The summed E-state index contributed by atoms with van der Waals surface area (Å²) in [4.78, 5) is 23.0. The maximum atomic E-state index is 11.5. The molecule has 110 valence electrons. The molecular formula is C15H20ClNO3. The maximum Gasteiger partial charge on any atom is 0.397 e. The number of halogens is 1. The van der Waals surface area contributed by atoms with Crippen LogP contribution < -0.4 is 5.32 Å². The second-order valence-electron chi connectivity index (χ2n) is 4.51. The van der Waals surface area contributed by atoms with Crippen molar-refractivity contribution in [1.82, 2.24) is 0 Å². The van der Waals surface area contributed by atoms with Gasteiger partial charge in [-0.15, -0.1) is 0 Å². The molecule has 20 heavy (non-hydrogen) atoms. The van der Waals surface area contributed by atoms with Crippen molar-refractivity contribution < 1.29 is 14.3 Å². The Morgan fingerprint density at radius 1 is 1.10 bits per heavy atom. The van der Waals surface area contributed by atoms with Crippen molar-refractivity contribution in [2.45, 2.75) is 39.0 Å². The lowest BCUT2D eigenvalue weighted by Gasteiger charge is -2.06. The van der Waals surface area contributed by atoms with E-state index in [-0.39, 0.29) is 6.61 Å². The number of rotatable bonds is 7. The van der Waals surface area contributed by atoms with Gasteiger partial charge in [0.25, 0.3) is 0 Å². The van der Waals surface area contributed by atoms with Crippen molar-refractivity contribution in [2.75, 3.05) is 11.9 Å². The highest BCUT2D eigenvalue weighted by Crippen LogP contribution is 2.13.